The van der Waals surface area contributed by atoms with Crippen LogP contribution in [0.3, 0.4) is 0 Å². The van der Waals surface area contributed by atoms with E-state index in [0.717, 1.165) is 31.9 Å². The lowest BCUT2D eigenvalue weighted by Gasteiger charge is -2.05. The van der Waals surface area contributed by atoms with Crippen LogP contribution in [-0.2, 0) is 4.79 Å². The molecule has 1 amide bonds. The number of nitrogens with one attached hydrogen (secondary N) is 3. The molecule has 2 aromatic carbocycles. The predicted molar refractivity (Wildman–Crippen MR) is 119 cm³/mol. The lowest BCUT2D eigenvalue weighted by atomic mass is 10.2. The number of hydrogen-bond donors (Lipinski definition) is 4. The summed E-state index contributed by atoms with van der Waals surface area (Å²) in [4.78, 5) is 19.1. The second-order valence-electron chi connectivity index (χ2n) is 6.35. The number of anilines is 2. The summed E-state index contributed by atoms with van der Waals surface area (Å²) in [6.45, 7) is 5.80. The summed E-state index contributed by atoms with van der Waals surface area (Å²) in [5.74, 6) is 6.04. The number of para-hydroxylation sites is 1. The molecule has 0 saturated heterocycles. The number of carbonyl (C=O) groups is 1. The second kappa shape index (κ2) is 7.70. The molecule has 0 saturated carbocycles. The number of phenols is 1. The van der Waals surface area contributed by atoms with Crippen LogP contribution in [0.1, 0.15) is 10.6 Å². The van der Waals surface area contributed by atoms with E-state index in [0.29, 0.717) is 17.7 Å². The van der Waals surface area contributed by atoms with Crippen molar-refractivity contribution >= 4 is 49.7 Å². The zero-order chi connectivity index (χ0) is 20.4. The Bertz CT molecular complexity index is 1310. The van der Waals surface area contributed by atoms with E-state index in [1.807, 2.05) is 31.2 Å². The number of amides is 1. The van der Waals surface area contributed by atoms with E-state index in [1.165, 1.54) is 17.4 Å². The number of hydrogen-bond acceptors (Lipinski definition) is 5. The topological polar surface area (TPSA) is 90.0 Å². The van der Waals surface area contributed by atoms with Crippen LogP contribution in [0.15, 0.2) is 49.2 Å². The van der Waals surface area contributed by atoms with Crippen LogP contribution in [0.5, 0.6) is 5.75 Å². The summed E-state index contributed by atoms with van der Waals surface area (Å²) in [7, 11) is 0. The summed E-state index contributed by atoms with van der Waals surface area (Å²) in [5.41, 5.74) is 3.82. The summed E-state index contributed by atoms with van der Waals surface area (Å²) in [5, 5.41) is 18.0. The maximum absolute atomic E-state index is 11.6. The SMILES string of the molecule is C=CC(=O)Nc1c[nH]c2c(NCC#Cc3cc(O)c4nc(C)sc4c3)cccc12. The third-order valence-electron chi connectivity index (χ3n) is 4.34. The van der Waals surface area contributed by atoms with Crippen LogP contribution < -0.4 is 10.6 Å². The fraction of sp³-hybridized carbons (Fsp3) is 0.0909. The Kier molecular flexibility index (Phi) is 4.94. The minimum Gasteiger partial charge on any atom is -0.506 e. The third-order valence-corrected chi connectivity index (χ3v) is 5.26. The second-order valence-corrected chi connectivity index (χ2v) is 7.59. The lowest BCUT2D eigenvalue weighted by Crippen LogP contribution is -2.06. The number of nitrogens with zero attached hydrogens (tertiary/aromatic N) is 1. The van der Waals surface area contributed by atoms with Gasteiger partial charge in [-0.3, -0.25) is 4.79 Å². The van der Waals surface area contributed by atoms with Gasteiger partial charge in [-0.05, 0) is 31.2 Å². The van der Waals surface area contributed by atoms with Gasteiger partial charge < -0.3 is 20.7 Å². The van der Waals surface area contributed by atoms with Gasteiger partial charge in [-0.15, -0.1) is 11.3 Å². The first-order chi connectivity index (χ1) is 14.0. The third kappa shape index (κ3) is 3.79. The number of thiazole rings is 1. The molecular formula is C22H18N4O2S. The number of benzene rings is 2. The van der Waals surface area contributed by atoms with Crippen molar-refractivity contribution in [2.24, 2.45) is 0 Å². The molecule has 2 heterocycles. The van der Waals surface area contributed by atoms with Crippen molar-refractivity contribution < 1.29 is 9.90 Å². The van der Waals surface area contributed by atoms with Gasteiger partial charge in [-0.1, -0.05) is 30.6 Å². The van der Waals surface area contributed by atoms with Crippen LogP contribution in [0.2, 0.25) is 0 Å². The molecule has 144 valence electrons. The first kappa shape index (κ1) is 18.6. The van der Waals surface area contributed by atoms with E-state index in [9.17, 15) is 9.90 Å². The van der Waals surface area contributed by atoms with Gasteiger partial charge in [-0.25, -0.2) is 4.98 Å². The van der Waals surface area contributed by atoms with E-state index in [-0.39, 0.29) is 11.7 Å². The maximum Gasteiger partial charge on any atom is 0.247 e. The molecule has 0 fully saturated rings. The molecule has 0 bridgehead atoms. The molecule has 0 atom stereocenters. The highest BCUT2D eigenvalue weighted by atomic mass is 32.1. The Morgan fingerprint density at radius 1 is 1.38 bits per heavy atom. The van der Waals surface area contributed by atoms with Crippen LogP contribution in [0, 0.1) is 18.8 Å². The van der Waals surface area contributed by atoms with Crippen LogP contribution in [-0.4, -0.2) is 27.5 Å². The van der Waals surface area contributed by atoms with E-state index in [1.54, 1.807) is 12.3 Å². The number of aromatic amines is 1. The summed E-state index contributed by atoms with van der Waals surface area (Å²) in [6.07, 6.45) is 2.98. The molecule has 4 aromatic rings. The molecular weight excluding hydrogens is 384 g/mol. The van der Waals surface area contributed by atoms with Gasteiger partial charge in [0, 0.05) is 17.1 Å². The van der Waals surface area contributed by atoms with Crippen molar-refractivity contribution in [3.63, 3.8) is 0 Å². The van der Waals surface area contributed by atoms with Crippen molar-refractivity contribution in [3.8, 4) is 17.6 Å². The molecule has 6 nitrogen and oxygen atoms in total. The Morgan fingerprint density at radius 2 is 2.24 bits per heavy atom. The van der Waals surface area contributed by atoms with Gasteiger partial charge in [0.1, 0.15) is 11.3 Å². The standard InChI is InChI=1S/C22H18N4O2S/c1-3-20(28)26-17-12-24-21-15(17)7-4-8-16(21)23-9-5-6-14-10-18(27)22-19(11-14)29-13(2)25-22/h3-4,7-8,10-12,23-24,27H,1,9H2,2H3,(H,26,28). The van der Waals surface area contributed by atoms with Gasteiger partial charge in [0.2, 0.25) is 5.91 Å². The van der Waals surface area contributed by atoms with E-state index < -0.39 is 0 Å². The normalized spacial score (nSPS) is 10.5. The van der Waals surface area contributed by atoms with Crippen molar-refractivity contribution in [2.75, 3.05) is 17.2 Å². The molecule has 0 aliphatic heterocycles. The zero-order valence-corrected chi connectivity index (χ0v) is 16.5. The molecule has 2 aromatic heterocycles. The number of H-pyrrole nitrogens is 1. The van der Waals surface area contributed by atoms with E-state index in [2.05, 4.69) is 39.0 Å². The minimum atomic E-state index is -0.258. The highest BCUT2D eigenvalue weighted by Crippen LogP contribution is 2.30. The van der Waals surface area contributed by atoms with Gasteiger partial charge in [-0.2, -0.15) is 0 Å². The first-order valence-electron chi connectivity index (χ1n) is 8.91. The first-order valence-corrected chi connectivity index (χ1v) is 9.73. The quantitative estimate of drug-likeness (QED) is 0.301. The zero-order valence-electron chi connectivity index (χ0n) is 15.7. The number of rotatable bonds is 4. The highest BCUT2D eigenvalue weighted by molar-refractivity contribution is 7.18. The fourth-order valence-corrected chi connectivity index (χ4v) is 3.96. The van der Waals surface area contributed by atoms with E-state index in [4.69, 9.17) is 0 Å². The van der Waals surface area contributed by atoms with E-state index >= 15 is 0 Å². The summed E-state index contributed by atoms with van der Waals surface area (Å²) in [6, 6.07) is 9.35. The summed E-state index contributed by atoms with van der Waals surface area (Å²) < 4.78 is 0.921. The monoisotopic (exact) mass is 402 g/mol. The number of aryl methyl sites for hydroxylation is 1. The molecule has 7 heteroatoms. The van der Waals surface area contributed by atoms with Gasteiger partial charge >= 0.3 is 0 Å². The van der Waals surface area contributed by atoms with Crippen molar-refractivity contribution in [1.29, 1.82) is 0 Å². The van der Waals surface area contributed by atoms with Crippen LogP contribution >= 0.6 is 11.3 Å². The van der Waals surface area contributed by atoms with Gasteiger partial charge in [0.15, 0.2) is 0 Å². The molecule has 0 spiro atoms. The molecule has 0 radical (unpaired) electrons. The van der Waals surface area contributed by atoms with Gasteiger partial charge in [0.25, 0.3) is 0 Å². The van der Waals surface area contributed by atoms with Crippen molar-refractivity contribution in [2.45, 2.75) is 6.92 Å². The Morgan fingerprint density at radius 3 is 3.07 bits per heavy atom. The lowest BCUT2D eigenvalue weighted by molar-refractivity contribution is -0.111. The molecule has 29 heavy (non-hydrogen) atoms. The number of fused-ring (bicyclic) bond motifs is 2. The average Bonchev–Trinajstić information content (AvgIpc) is 3.29. The molecule has 0 unspecified atom stereocenters. The molecule has 0 aliphatic rings. The molecule has 4 N–H and O–H groups in total. The fourth-order valence-electron chi connectivity index (χ4n) is 3.07. The number of carbonyl (C=O) groups excluding carboxylic acids is 1. The average molecular weight is 402 g/mol. The Balaban J connectivity index is 1.51. The van der Waals surface area contributed by atoms with Gasteiger partial charge in [0.05, 0.1) is 33.1 Å². The van der Waals surface area contributed by atoms with Crippen LogP contribution in [0.4, 0.5) is 11.4 Å². The Labute approximate surface area is 171 Å². The number of aromatic nitrogens is 2. The largest absolute Gasteiger partial charge is 0.506 e. The smallest absolute Gasteiger partial charge is 0.247 e. The minimum absolute atomic E-state index is 0.148. The van der Waals surface area contributed by atoms with Crippen molar-refractivity contribution in [1.82, 2.24) is 9.97 Å². The number of phenolic OH excluding ortho intramolecular Hbond substituents is 1. The molecule has 0 aliphatic carbocycles. The van der Waals surface area contributed by atoms with Crippen molar-refractivity contribution in [3.05, 3.63) is 59.8 Å². The Hall–Kier alpha value is -3.76. The molecule has 4 rings (SSSR count). The van der Waals surface area contributed by atoms with Crippen LogP contribution in [0.25, 0.3) is 21.1 Å². The number of aromatic hydroxyl groups is 1. The highest BCUT2D eigenvalue weighted by Gasteiger charge is 2.09. The predicted octanol–water partition coefficient (Wildman–Crippen LogP) is 4.38. The summed E-state index contributed by atoms with van der Waals surface area (Å²) >= 11 is 1.53. The maximum atomic E-state index is 11.6.